The van der Waals surface area contributed by atoms with E-state index in [9.17, 15) is 13.2 Å². The fraction of sp³-hybridized carbons (Fsp3) is 0.917. The first-order chi connectivity index (χ1) is 8.44. The van der Waals surface area contributed by atoms with Crippen LogP contribution in [0, 0.1) is 11.8 Å². The van der Waals surface area contributed by atoms with Crippen LogP contribution in [-0.4, -0.2) is 31.8 Å². The van der Waals surface area contributed by atoms with Gasteiger partial charge in [0.25, 0.3) is 0 Å². The number of carboxylic acids is 1. The van der Waals surface area contributed by atoms with Crippen molar-refractivity contribution in [3.05, 3.63) is 0 Å². The van der Waals surface area contributed by atoms with E-state index in [2.05, 4.69) is 4.72 Å². The summed E-state index contributed by atoms with van der Waals surface area (Å²) in [7, 11) is -3.33. The molecule has 1 saturated carbocycles. The smallest absolute Gasteiger partial charge is 0.307 e. The standard InChI is InChI=1S/C12H23NO4S/c1-2-11(12(14)15)8-13-18(16,17)9-10-6-4-3-5-7-10/h10-11,13H,2-9H2,1H3,(H,14,15). The van der Waals surface area contributed by atoms with Gasteiger partial charge in [-0.15, -0.1) is 0 Å². The monoisotopic (exact) mass is 277 g/mol. The van der Waals surface area contributed by atoms with Crippen LogP contribution >= 0.6 is 0 Å². The Balaban J connectivity index is 2.41. The molecule has 1 aliphatic carbocycles. The molecule has 2 N–H and O–H groups in total. The molecule has 0 spiro atoms. The molecule has 0 aromatic carbocycles. The molecule has 18 heavy (non-hydrogen) atoms. The third-order valence-corrected chi connectivity index (χ3v) is 5.09. The molecular weight excluding hydrogens is 254 g/mol. The highest BCUT2D eigenvalue weighted by Gasteiger charge is 2.23. The van der Waals surface area contributed by atoms with E-state index in [4.69, 9.17) is 5.11 Å². The minimum Gasteiger partial charge on any atom is -0.481 e. The zero-order valence-electron chi connectivity index (χ0n) is 10.9. The summed E-state index contributed by atoms with van der Waals surface area (Å²) in [4.78, 5) is 10.8. The Kier molecular flexibility index (Phi) is 6.08. The van der Waals surface area contributed by atoms with Crippen LogP contribution in [0.15, 0.2) is 0 Å². The topological polar surface area (TPSA) is 83.5 Å². The maximum Gasteiger partial charge on any atom is 0.307 e. The molecule has 5 nitrogen and oxygen atoms in total. The van der Waals surface area contributed by atoms with E-state index in [0.717, 1.165) is 25.7 Å². The fourth-order valence-corrected chi connectivity index (χ4v) is 3.88. The molecule has 0 saturated heterocycles. The summed E-state index contributed by atoms with van der Waals surface area (Å²) in [5.74, 6) is -1.20. The summed E-state index contributed by atoms with van der Waals surface area (Å²) < 4.78 is 26.1. The summed E-state index contributed by atoms with van der Waals surface area (Å²) >= 11 is 0. The second-order valence-electron chi connectivity index (χ2n) is 5.08. The second-order valence-corrected chi connectivity index (χ2v) is 6.93. The highest BCUT2D eigenvalue weighted by molar-refractivity contribution is 7.89. The fourth-order valence-electron chi connectivity index (χ4n) is 2.36. The third kappa shape index (κ3) is 5.35. The number of rotatable bonds is 7. The van der Waals surface area contributed by atoms with Crippen LogP contribution in [0.2, 0.25) is 0 Å². The van der Waals surface area contributed by atoms with Gasteiger partial charge in [-0.2, -0.15) is 0 Å². The number of carboxylic acid groups (broad SMARTS) is 1. The van der Waals surface area contributed by atoms with Crippen LogP contribution in [0.1, 0.15) is 45.4 Å². The van der Waals surface area contributed by atoms with E-state index in [1.807, 2.05) is 0 Å². The minimum atomic E-state index is -3.33. The van der Waals surface area contributed by atoms with Crippen molar-refractivity contribution >= 4 is 16.0 Å². The second kappa shape index (κ2) is 7.09. The van der Waals surface area contributed by atoms with Gasteiger partial charge in [0.2, 0.25) is 10.0 Å². The number of nitrogens with one attached hydrogen (secondary N) is 1. The predicted molar refractivity (Wildman–Crippen MR) is 69.8 cm³/mol. The van der Waals surface area contributed by atoms with Crippen molar-refractivity contribution in [1.29, 1.82) is 0 Å². The Hall–Kier alpha value is -0.620. The lowest BCUT2D eigenvalue weighted by molar-refractivity contribution is -0.141. The third-order valence-electron chi connectivity index (χ3n) is 3.57. The molecule has 6 heteroatoms. The molecule has 0 aromatic rings. The molecule has 0 aliphatic heterocycles. The maximum absolute atomic E-state index is 11.8. The first-order valence-electron chi connectivity index (χ1n) is 6.64. The van der Waals surface area contributed by atoms with Gasteiger partial charge >= 0.3 is 5.97 Å². The van der Waals surface area contributed by atoms with Crippen molar-refractivity contribution in [2.24, 2.45) is 11.8 Å². The van der Waals surface area contributed by atoms with Crippen LogP contribution in [0.5, 0.6) is 0 Å². The average molecular weight is 277 g/mol. The molecule has 0 aromatic heterocycles. The van der Waals surface area contributed by atoms with Crippen molar-refractivity contribution < 1.29 is 18.3 Å². The molecule has 1 fully saturated rings. The van der Waals surface area contributed by atoms with Crippen LogP contribution < -0.4 is 4.72 Å². The number of carbonyl (C=O) groups is 1. The van der Waals surface area contributed by atoms with Gasteiger partial charge < -0.3 is 5.11 Å². The molecule has 1 unspecified atom stereocenters. The molecule has 106 valence electrons. The zero-order chi connectivity index (χ0) is 13.6. The minimum absolute atomic E-state index is 0.000880. The average Bonchev–Trinajstić information content (AvgIpc) is 2.29. The van der Waals surface area contributed by atoms with Gasteiger partial charge in [-0.1, -0.05) is 26.2 Å². The van der Waals surface area contributed by atoms with Gasteiger partial charge in [0.1, 0.15) is 0 Å². The molecule has 0 amide bonds. The normalized spacial score (nSPS) is 19.6. The summed E-state index contributed by atoms with van der Waals surface area (Å²) in [5.41, 5.74) is 0. The largest absolute Gasteiger partial charge is 0.481 e. The summed E-state index contributed by atoms with van der Waals surface area (Å²) in [6.07, 6.45) is 5.77. The summed E-state index contributed by atoms with van der Waals surface area (Å²) in [5, 5.41) is 8.86. The van der Waals surface area contributed by atoms with E-state index in [1.165, 1.54) is 6.42 Å². The molecule has 0 heterocycles. The Morgan fingerprint density at radius 2 is 1.94 bits per heavy atom. The number of hydrogen-bond acceptors (Lipinski definition) is 3. The molecule has 0 radical (unpaired) electrons. The Morgan fingerprint density at radius 1 is 1.33 bits per heavy atom. The van der Waals surface area contributed by atoms with E-state index in [0.29, 0.717) is 6.42 Å². The predicted octanol–water partition coefficient (Wildman–Crippen LogP) is 1.60. The lowest BCUT2D eigenvalue weighted by Gasteiger charge is -2.21. The van der Waals surface area contributed by atoms with Crippen molar-refractivity contribution in [2.45, 2.75) is 45.4 Å². The molecule has 1 rings (SSSR count). The summed E-state index contributed by atoms with van der Waals surface area (Å²) in [6.45, 7) is 1.75. The van der Waals surface area contributed by atoms with Crippen LogP contribution in [-0.2, 0) is 14.8 Å². The van der Waals surface area contributed by atoms with Gasteiger partial charge in [-0.25, -0.2) is 13.1 Å². The molecular formula is C12H23NO4S. The Morgan fingerprint density at radius 3 is 2.44 bits per heavy atom. The number of hydrogen-bond donors (Lipinski definition) is 2. The maximum atomic E-state index is 11.8. The van der Waals surface area contributed by atoms with E-state index in [1.54, 1.807) is 6.92 Å². The van der Waals surface area contributed by atoms with Crippen molar-refractivity contribution in [1.82, 2.24) is 4.72 Å². The lowest BCUT2D eigenvalue weighted by atomic mass is 9.91. The van der Waals surface area contributed by atoms with Crippen LogP contribution in [0.25, 0.3) is 0 Å². The van der Waals surface area contributed by atoms with Gasteiger partial charge in [0, 0.05) is 6.54 Å². The first-order valence-corrected chi connectivity index (χ1v) is 8.30. The van der Waals surface area contributed by atoms with Gasteiger partial charge in [0.05, 0.1) is 11.7 Å². The van der Waals surface area contributed by atoms with Crippen molar-refractivity contribution in [3.8, 4) is 0 Å². The van der Waals surface area contributed by atoms with E-state index in [-0.39, 0.29) is 18.2 Å². The van der Waals surface area contributed by atoms with Gasteiger partial charge in [-0.05, 0) is 25.2 Å². The van der Waals surface area contributed by atoms with Crippen LogP contribution in [0.4, 0.5) is 0 Å². The first kappa shape index (κ1) is 15.4. The van der Waals surface area contributed by atoms with Gasteiger partial charge in [0.15, 0.2) is 0 Å². The quantitative estimate of drug-likeness (QED) is 0.740. The number of aliphatic carboxylic acids is 1. The van der Waals surface area contributed by atoms with E-state index < -0.39 is 21.9 Å². The van der Waals surface area contributed by atoms with Crippen LogP contribution in [0.3, 0.4) is 0 Å². The highest BCUT2D eigenvalue weighted by Crippen LogP contribution is 2.24. The Bertz CT molecular complexity index is 360. The lowest BCUT2D eigenvalue weighted by Crippen LogP contribution is -2.36. The van der Waals surface area contributed by atoms with Crippen molar-refractivity contribution in [2.75, 3.05) is 12.3 Å². The molecule has 0 bridgehead atoms. The SMILES string of the molecule is CCC(CNS(=O)(=O)CC1CCCCC1)C(=O)O. The zero-order valence-corrected chi connectivity index (χ0v) is 11.7. The van der Waals surface area contributed by atoms with Gasteiger partial charge in [-0.3, -0.25) is 4.79 Å². The van der Waals surface area contributed by atoms with Crippen molar-refractivity contribution in [3.63, 3.8) is 0 Å². The molecule has 1 aliphatic rings. The summed E-state index contributed by atoms with van der Waals surface area (Å²) in [6, 6.07) is 0. The van der Waals surface area contributed by atoms with E-state index >= 15 is 0 Å². The highest BCUT2D eigenvalue weighted by atomic mass is 32.2. The number of sulfonamides is 1. The molecule has 1 atom stereocenters. The Labute approximate surface area is 109 Å².